The van der Waals surface area contributed by atoms with Crippen molar-refractivity contribution in [2.45, 2.75) is 25.2 Å². The number of carbonyl (C=O) groups is 1. The van der Waals surface area contributed by atoms with Crippen molar-refractivity contribution in [3.05, 3.63) is 23.9 Å². The fraction of sp³-hybridized carbons (Fsp3) is 0.455. The number of hydrogen-bond donors (Lipinski definition) is 2. The SMILES string of the molecule is CCC1(CCN)C(=O)Nc2ncccc21. The first-order valence-corrected chi connectivity index (χ1v) is 5.21. The Kier molecular flexibility index (Phi) is 2.44. The van der Waals surface area contributed by atoms with Gasteiger partial charge in [0.1, 0.15) is 5.82 Å². The maximum absolute atomic E-state index is 12.0. The third-order valence-corrected chi connectivity index (χ3v) is 3.16. The fourth-order valence-electron chi connectivity index (χ4n) is 2.26. The highest BCUT2D eigenvalue weighted by Crippen LogP contribution is 2.41. The molecule has 1 amide bonds. The van der Waals surface area contributed by atoms with Crippen LogP contribution < -0.4 is 11.1 Å². The summed E-state index contributed by atoms with van der Waals surface area (Å²) in [6.07, 6.45) is 3.12. The molecule has 2 rings (SSSR count). The molecule has 4 nitrogen and oxygen atoms in total. The van der Waals surface area contributed by atoms with Crippen molar-refractivity contribution >= 4 is 11.7 Å². The standard InChI is InChI=1S/C11H15N3O/c1-2-11(5-6-12)8-4-3-7-13-9(8)14-10(11)15/h3-4,7H,2,5-6,12H2,1H3,(H,13,14,15). The zero-order valence-corrected chi connectivity index (χ0v) is 8.79. The van der Waals surface area contributed by atoms with Crippen LogP contribution in [0.1, 0.15) is 25.3 Å². The lowest BCUT2D eigenvalue weighted by Crippen LogP contribution is -2.35. The number of nitrogens with one attached hydrogen (secondary N) is 1. The lowest BCUT2D eigenvalue weighted by molar-refractivity contribution is -0.121. The summed E-state index contributed by atoms with van der Waals surface area (Å²) < 4.78 is 0. The van der Waals surface area contributed by atoms with Crippen LogP contribution in [0.25, 0.3) is 0 Å². The molecule has 1 atom stereocenters. The molecule has 0 radical (unpaired) electrons. The van der Waals surface area contributed by atoms with Gasteiger partial charge in [-0.2, -0.15) is 0 Å². The Bertz CT molecular complexity index is 391. The van der Waals surface area contributed by atoms with Crippen molar-refractivity contribution in [1.29, 1.82) is 0 Å². The molecule has 0 saturated heterocycles. The molecular formula is C11H15N3O. The van der Waals surface area contributed by atoms with Crippen LogP contribution in [0.15, 0.2) is 18.3 Å². The third-order valence-electron chi connectivity index (χ3n) is 3.16. The summed E-state index contributed by atoms with van der Waals surface area (Å²) in [4.78, 5) is 16.1. The molecule has 1 aliphatic rings. The van der Waals surface area contributed by atoms with Gasteiger partial charge in [0.15, 0.2) is 0 Å². The summed E-state index contributed by atoms with van der Waals surface area (Å²) in [7, 11) is 0. The molecule has 1 aliphatic heterocycles. The number of rotatable bonds is 3. The largest absolute Gasteiger partial charge is 0.330 e. The first-order valence-electron chi connectivity index (χ1n) is 5.21. The number of amides is 1. The fourth-order valence-corrected chi connectivity index (χ4v) is 2.26. The average Bonchev–Trinajstić information content (AvgIpc) is 2.53. The molecule has 15 heavy (non-hydrogen) atoms. The van der Waals surface area contributed by atoms with Gasteiger partial charge in [0.05, 0.1) is 5.41 Å². The van der Waals surface area contributed by atoms with Crippen molar-refractivity contribution in [2.24, 2.45) is 5.73 Å². The van der Waals surface area contributed by atoms with Gasteiger partial charge in [0.2, 0.25) is 5.91 Å². The van der Waals surface area contributed by atoms with Gasteiger partial charge in [-0.3, -0.25) is 4.79 Å². The van der Waals surface area contributed by atoms with Crippen LogP contribution in [-0.2, 0) is 10.2 Å². The van der Waals surface area contributed by atoms with E-state index in [9.17, 15) is 4.79 Å². The molecule has 3 N–H and O–H groups in total. The quantitative estimate of drug-likeness (QED) is 0.774. The van der Waals surface area contributed by atoms with Gasteiger partial charge in [-0.05, 0) is 25.5 Å². The highest BCUT2D eigenvalue weighted by Gasteiger charge is 2.45. The zero-order chi connectivity index (χ0) is 10.9. The highest BCUT2D eigenvalue weighted by molar-refractivity contribution is 6.05. The van der Waals surface area contributed by atoms with E-state index in [-0.39, 0.29) is 5.91 Å². The van der Waals surface area contributed by atoms with Gasteiger partial charge in [-0.25, -0.2) is 4.98 Å². The van der Waals surface area contributed by atoms with Gasteiger partial charge < -0.3 is 11.1 Å². The van der Waals surface area contributed by atoms with E-state index >= 15 is 0 Å². The highest BCUT2D eigenvalue weighted by atomic mass is 16.2. The van der Waals surface area contributed by atoms with Crippen LogP contribution in [-0.4, -0.2) is 17.4 Å². The zero-order valence-electron chi connectivity index (χ0n) is 8.79. The second-order valence-corrected chi connectivity index (χ2v) is 3.83. The Balaban J connectivity index is 2.51. The first-order chi connectivity index (χ1) is 7.24. The Morgan fingerprint density at radius 1 is 1.60 bits per heavy atom. The predicted octanol–water partition coefficient (Wildman–Crippen LogP) is 1.03. The minimum Gasteiger partial charge on any atom is -0.330 e. The monoisotopic (exact) mass is 205 g/mol. The maximum Gasteiger partial charge on any atom is 0.236 e. The molecular weight excluding hydrogens is 190 g/mol. The molecule has 2 heterocycles. The van der Waals surface area contributed by atoms with Crippen LogP contribution in [0.3, 0.4) is 0 Å². The summed E-state index contributed by atoms with van der Waals surface area (Å²) in [6.45, 7) is 2.52. The second-order valence-electron chi connectivity index (χ2n) is 3.83. The van der Waals surface area contributed by atoms with Crippen LogP contribution in [0, 0.1) is 0 Å². The summed E-state index contributed by atoms with van der Waals surface area (Å²) >= 11 is 0. The number of fused-ring (bicyclic) bond motifs is 1. The minimum atomic E-state index is -0.460. The molecule has 0 aromatic carbocycles. The number of pyridine rings is 1. The Morgan fingerprint density at radius 2 is 2.40 bits per heavy atom. The van der Waals surface area contributed by atoms with Crippen molar-refractivity contribution < 1.29 is 4.79 Å². The molecule has 0 fully saturated rings. The van der Waals surface area contributed by atoms with Gasteiger partial charge in [-0.1, -0.05) is 13.0 Å². The van der Waals surface area contributed by atoms with E-state index in [1.165, 1.54) is 0 Å². The molecule has 80 valence electrons. The Labute approximate surface area is 88.9 Å². The Morgan fingerprint density at radius 3 is 3.07 bits per heavy atom. The Hall–Kier alpha value is -1.42. The second kappa shape index (κ2) is 3.62. The van der Waals surface area contributed by atoms with Crippen molar-refractivity contribution in [3.8, 4) is 0 Å². The molecule has 0 saturated carbocycles. The molecule has 0 bridgehead atoms. The van der Waals surface area contributed by atoms with Gasteiger partial charge in [0, 0.05) is 11.8 Å². The van der Waals surface area contributed by atoms with Crippen LogP contribution in [0.5, 0.6) is 0 Å². The number of carbonyl (C=O) groups excluding carboxylic acids is 1. The van der Waals surface area contributed by atoms with E-state index in [4.69, 9.17) is 5.73 Å². The lowest BCUT2D eigenvalue weighted by atomic mass is 9.77. The number of aromatic nitrogens is 1. The smallest absolute Gasteiger partial charge is 0.236 e. The molecule has 0 spiro atoms. The number of nitrogens with zero attached hydrogens (tertiary/aromatic N) is 1. The van der Waals surface area contributed by atoms with E-state index in [0.717, 1.165) is 12.0 Å². The molecule has 1 unspecified atom stereocenters. The normalized spacial score (nSPS) is 23.7. The third kappa shape index (κ3) is 1.33. The average molecular weight is 205 g/mol. The lowest BCUT2D eigenvalue weighted by Gasteiger charge is -2.24. The van der Waals surface area contributed by atoms with E-state index in [1.54, 1.807) is 6.20 Å². The van der Waals surface area contributed by atoms with Gasteiger partial charge in [0.25, 0.3) is 0 Å². The first kappa shape index (κ1) is 10.1. The summed E-state index contributed by atoms with van der Waals surface area (Å²) in [5.41, 5.74) is 6.12. The van der Waals surface area contributed by atoms with Crippen LogP contribution in [0.4, 0.5) is 5.82 Å². The molecule has 4 heteroatoms. The number of anilines is 1. The minimum absolute atomic E-state index is 0.0316. The van der Waals surface area contributed by atoms with Gasteiger partial charge >= 0.3 is 0 Å². The van der Waals surface area contributed by atoms with Crippen molar-refractivity contribution in [1.82, 2.24) is 4.98 Å². The topological polar surface area (TPSA) is 68.0 Å². The van der Waals surface area contributed by atoms with Crippen molar-refractivity contribution in [2.75, 3.05) is 11.9 Å². The van der Waals surface area contributed by atoms with Crippen LogP contribution >= 0.6 is 0 Å². The molecule has 0 aliphatic carbocycles. The van der Waals surface area contributed by atoms with E-state index in [1.807, 2.05) is 19.1 Å². The number of hydrogen-bond acceptors (Lipinski definition) is 3. The van der Waals surface area contributed by atoms with Gasteiger partial charge in [-0.15, -0.1) is 0 Å². The molecule has 1 aromatic rings. The summed E-state index contributed by atoms with van der Waals surface area (Å²) in [6, 6.07) is 3.82. The van der Waals surface area contributed by atoms with E-state index < -0.39 is 5.41 Å². The van der Waals surface area contributed by atoms with Crippen molar-refractivity contribution in [3.63, 3.8) is 0 Å². The summed E-state index contributed by atoms with van der Waals surface area (Å²) in [5.74, 6) is 0.724. The maximum atomic E-state index is 12.0. The predicted molar refractivity (Wildman–Crippen MR) is 58.5 cm³/mol. The summed E-state index contributed by atoms with van der Waals surface area (Å²) in [5, 5.41) is 2.82. The molecule has 1 aromatic heterocycles. The van der Waals surface area contributed by atoms with Crippen LogP contribution in [0.2, 0.25) is 0 Å². The number of nitrogens with two attached hydrogens (primary N) is 1. The van der Waals surface area contributed by atoms with E-state index in [2.05, 4.69) is 10.3 Å². The van der Waals surface area contributed by atoms with E-state index in [0.29, 0.717) is 18.8 Å².